The normalized spacial score (nSPS) is 16.1. The number of rotatable bonds is 6. The molecule has 2 aromatic rings. The highest BCUT2D eigenvalue weighted by Gasteiger charge is 2.37. The Labute approximate surface area is 170 Å². The predicted octanol–water partition coefficient (Wildman–Crippen LogP) is 3.25. The molecule has 154 valence electrons. The number of benzene rings is 2. The van der Waals surface area contributed by atoms with Crippen molar-refractivity contribution < 1.29 is 27.4 Å². The number of ether oxygens (including phenoxy) is 3. The number of allylic oxidation sites excluding steroid dienone is 1. The molecule has 1 heterocycles. The van der Waals surface area contributed by atoms with Crippen LogP contribution in [0.5, 0.6) is 11.5 Å². The van der Waals surface area contributed by atoms with Crippen molar-refractivity contribution in [1.29, 1.82) is 0 Å². The van der Waals surface area contributed by atoms with Crippen LogP contribution in [0.4, 0.5) is 0 Å². The van der Waals surface area contributed by atoms with Gasteiger partial charge in [0.15, 0.2) is 11.5 Å². The molecule has 0 amide bonds. The quantitative estimate of drug-likeness (QED) is 0.726. The topological polar surface area (TPSA) is 90.9 Å². The van der Waals surface area contributed by atoms with E-state index in [-0.39, 0.29) is 22.8 Å². The molecule has 3 rings (SSSR count). The van der Waals surface area contributed by atoms with Crippen molar-refractivity contribution in [2.45, 2.75) is 31.7 Å². The van der Waals surface area contributed by atoms with Crippen LogP contribution in [-0.2, 0) is 19.6 Å². The predicted molar refractivity (Wildman–Crippen MR) is 107 cm³/mol. The zero-order valence-corrected chi connectivity index (χ0v) is 17.5. The molecule has 29 heavy (non-hydrogen) atoms. The van der Waals surface area contributed by atoms with Gasteiger partial charge in [0.2, 0.25) is 10.0 Å². The number of hydrogen-bond donors (Lipinski definition) is 1. The number of sulfonamides is 1. The molecule has 0 saturated carbocycles. The van der Waals surface area contributed by atoms with Gasteiger partial charge in [0.25, 0.3) is 0 Å². The number of esters is 1. The van der Waals surface area contributed by atoms with Gasteiger partial charge in [-0.3, -0.25) is 0 Å². The summed E-state index contributed by atoms with van der Waals surface area (Å²) in [6.07, 6.45) is 0. The van der Waals surface area contributed by atoms with E-state index < -0.39 is 22.0 Å². The summed E-state index contributed by atoms with van der Waals surface area (Å²) in [6, 6.07) is 10.6. The van der Waals surface area contributed by atoms with Gasteiger partial charge < -0.3 is 14.2 Å². The third-order valence-corrected chi connectivity index (χ3v) is 6.00. The zero-order valence-electron chi connectivity index (χ0n) is 16.7. The molecule has 0 aromatic heterocycles. The van der Waals surface area contributed by atoms with Gasteiger partial charge in [-0.2, -0.15) is 4.72 Å². The van der Waals surface area contributed by atoms with Crippen LogP contribution in [0.1, 0.15) is 31.0 Å². The summed E-state index contributed by atoms with van der Waals surface area (Å²) in [5.41, 5.74) is 1.50. The molecule has 7 nitrogen and oxygen atoms in total. The minimum absolute atomic E-state index is 0.0971. The molecular weight excluding hydrogens is 394 g/mol. The molecule has 0 saturated heterocycles. The summed E-state index contributed by atoms with van der Waals surface area (Å²) >= 11 is 0. The van der Waals surface area contributed by atoms with Crippen LogP contribution in [0.15, 0.2) is 58.7 Å². The summed E-state index contributed by atoms with van der Waals surface area (Å²) in [5, 5.41) is 0. The molecule has 0 bridgehead atoms. The number of carbonyl (C=O) groups is 1. The lowest BCUT2D eigenvalue weighted by molar-refractivity contribution is -0.139. The van der Waals surface area contributed by atoms with E-state index in [2.05, 4.69) is 4.72 Å². The molecule has 0 spiro atoms. The van der Waals surface area contributed by atoms with Gasteiger partial charge in [-0.25, -0.2) is 13.2 Å². The van der Waals surface area contributed by atoms with Gasteiger partial charge in [0.05, 0.1) is 30.2 Å². The molecular formula is C21H23NO6S. The van der Waals surface area contributed by atoms with E-state index in [9.17, 15) is 13.2 Å². The molecule has 8 heteroatoms. The zero-order chi connectivity index (χ0) is 21.2. The fourth-order valence-corrected chi connectivity index (χ4v) is 4.32. The van der Waals surface area contributed by atoms with E-state index in [0.717, 1.165) is 5.56 Å². The summed E-state index contributed by atoms with van der Waals surface area (Å²) in [4.78, 5) is 12.7. The van der Waals surface area contributed by atoms with E-state index in [1.54, 1.807) is 44.2 Å². The van der Waals surface area contributed by atoms with Gasteiger partial charge in [0, 0.05) is 5.56 Å². The van der Waals surface area contributed by atoms with Crippen molar-refractivity contribution in [3.63, 3.8) is 0 Å². The Bertz CT molecular complexity index is 1060. The third-order valence-electron chi connectivity index (χ3n) is 4.56. The molecule has 1 unspecified atom stereocenters. The number of hydrogen-bond acceptors (Lipinski definition) is 6. The van der Waals surface area contributed by atoms with E-state index in [1.165, 1.54) is 19.2 Å². The number of aryl methyl sites for hydroxylation is 1. The van der Waals surface area contributed by atoms with Crippen LogP contribution >= 0.6 is 0 Å². The second-order valence-electron chi connectivity index (χ2n) is 6.54. The maximum atomic E-state index is 13.1. The van der Waals surface area contributed by atoms with Crippen LogP contribution in [0.3, 0.4) is 0 Å². The van der Waals surface area contributed by atoms with Crippen molar-refractivity contribution in [3.8, 4) is 11.5 Å². The van der Waals surface area contributed by atoms with E-state index in [0.29, 0.717) is 17.1 Å². The molecule has 0 radical (unpaired) electrons. The number of fused-ring (bicyclic) bond motifs is 1. The largest absolute Gasteiger partial charge is 0.493 e. The van der Waals surface area contributed by atoms with Gasteiger partial charge in [0.1, 0.15) is 5.76 Å². The molecule has 1 atom stereocenters. The summed E-state index contributed by atoms with van der Waals surface area (Å²) in [6.45, 7) is 5.29. The van der Waals surface area contributed by atoms with Crippen molar-refractivity contribution in [3.05, 3.63) is 64.9 Å². The molecule has 1 aliphatic rings. The highest BCUT2D eigenvalue weighted by Crippen LogP contribution is 2.44. The van der Waals surface area contributed by atoms with Crippen LogP contribution in [0.2, 0.25) is 0 Å². The average molecular weight is 417 g/mol. The Hall–Kier alpha value is -2.84. The number of nitrogens with one attached hydrogen (secondary N) is 1. The van der Waals surface area contributed by atoms with Crippen molar-refractivity contribution in [2.24, 2.45) is 0 Å². The Balaban J connectivity index is 2.11. The molecule has 1 aliphatic heterocycles. The Morgan fingerprint density at radius 3 is 2.45 bits per heavy atom. The van der Waals surface area contributed by atoms with Crippen molar-refractivity contribution >= 4 is 16.0 Å². The molecule has 0 aliphatic carbocycles. The van der Waals surface area contributed by atoms with Gasteiger partial charge in [-0.1, -0.05) is 29.8 Å². The lowest BCUT2D eigenvalue weighted by Crippen LogP contribution is -2.35. The average Bonchev–Trinajstić information content (AvgIpc) is 2.67. The second kappa shape index (κ2) is 8.26. The van der Waals surface area contributed by atoms with E-state index in [4.69, 9.17) is 14.2 Å². The Morgan fingerprint density at radius 2 is 1.83 bits per heavy atom. The number of para-hydroxylation sites is 1. The van der Waals surface area contributed by atoms with Crippen LogP contribution in [0, 0.1) is 6.92 Å². The van der Waals surface area contributed by atoms with E-state index in [1.807, 2.05) is 6.92 Å². The smallest absolute Gasteiger partial charge is 0.339 e. The first-order valence-corrected chi connectivity index (χ1v) is 10.6. The maximum Gasteiger partial charge on any atom is 0.339 e. The van der Waals surface area contributed by atoms with Gasteiger partial charge in [-0.05, 0) is 39.0 Å². The van der Waals surface area contributed by atoms with Crippen LogP contribution in [-0.4, -0.2) is 28.1 Å². The third kappa shape index (κ3) is 4.13. The first kappa shape index (κ1) is 20.9. The molecule has 1 N–H and O–H groups in total. The van der Waals surface area contributed by atoms with Crippen LogP contribution < -0.4 is 14.2 Å². The Kier molecular flexibility index (Phi) is 5.95. The number of methoxy groups -OCH3 is 1. The molecule has 0 fully saturated rings. The first-order chi connectivity index (χ1) is 13.8. The minimum atomic E-state index is -3.93. The van der Waals surface area contributed by atoms with Gasteiger partial charge in [-0.15, -0.1) is 0 Å². The summed E-state index contributed by atoms with van der Waals surface area (Å²) < 4.78 is 45.0. The summed E-state index contributed by atoms with van der Waals surface area (Å²) in [5.74, 6) is 0.397. The lowest BCUT2D eigenvalue weighted by Gasteiger charge is -2.29. The first-order valence-electron chi connectivity index (χ1n) is 9.10. The molecule has 2 aromatic carbocycles. The second-order valence-corrected chi connectivity index (χ2v) is 8.25. The monoisotopic (exact) mass is 417 g/mol. The minimum Gasteiger partial charge on any atom is -0.493 e. The number of carbonyl (C=O) groups excluding carboxylic acids is 1. The fourth-order valence-electron chi connectivity index (χ4n) is 3.13. The van der Waals surface area contributed by atoms with E-state index >= 15 is 0 Å². The standard InChI is InChI=1S/C21H23NO6S/c1-5-27-21(23)18-14(3)28-20-16(7-6-8-17(20)26-4)19(18)22-29(24,25)15-11-9-13(2)10-12-15/h6-12,19,22H,5H2,1-4H3. The van der Waals surface area contributed by atoms with Crippen molar-refractivity contribution in [1.82, 2.24) is 4.72 Å². The SMILES string of the molecule is CCOC(=O)C1=C(C)Oc2c(OC)cccc2C1NS(=O)(=O)c1ccc(C)cc1. The lowest BCUT2D eigenvalue weighted by atomic mass is 9.95. The van der Waals surface area contributed by atoms with Crippen molar-refractivity contribution in [2.75, 3.05) is 13.7 Å². The summed E-state index contributed by atoms with van der Waals surface area (Å²) in [7, 11) is -2.44. The fraction of sp³-hybridized carbons (Fsp3) is 0.286. The highest BCUT2D eigenvalue weighted by atomic mass is 32.2. The highest BCUT2D eigenvalue weighted by molar-refractivity contribution is 7.89. The van der Waals surface area contributed by atoms with Crippen LogP contribution in [0.25, 0.3) is 0 Å². The Morgan fingerprint density at radius 1 is 1.14 bits per heavy atom. The van der Waals surface area contributed by atoms with Gasteiger partial charge >= 0.3 is 5.97 Å². The maximum absolute atomic E-state index is 13.1.